The summed E-state index contributed by atoms with van der Waals surface area (Å²) in [5, 5.41) is 43.3. The molecule has 0 aromatic rings. The molecule has 0 radical (unpaired) electrons. The molecule has 16 nitrogen and oxygen atoms in total. The Hall–Kier alpha value is -3.79. The average molecular weight is 532 g/mol. The van der Waals surface area contributed by atoms with Crippen LogP contribution in [0.5, 0.6) is 0 Å². The van der Waals surface area contributed by atoms with Crippen LogP contribution in [0.3, 0.4) is 0 Å². The van der Waals surface area contributed by atoms with Crippen LogP contribution in [0.1, 0.15) is 39.5 Å². The summed E-state index contributed by atoms with van der Waals surface area (Å²) in [5.41, 5.74) is 5.43. The van der Waals surface area contributed by atoms with E-state index in [9.17, 15) is 48.9 Å². The average Bonchev–Trinajstić information content (AvgIpc) is 3.29. The van der Waals surface area contributed by atoms with Gasteiger partial charge in [0.05, 0.1) is 19.4 Å². The summed E-state index contributed by atoms with van der Waals surface area (Å²) in [7, 11) is 0. The van der Waals surface area contributed by atoms with Crippen LogP contribution >= 0.6 is 0 Å². The van der Waals surface area contributed by atoms with Crippen LogP contribution in [-0.2, 0) is 33.6 Å². The summed E-state index contributed by atoms with van der Waals surface area (Å²) in [5.74, 6) is -8.90. The predicted molar refractivity (Wildman–Crippen MR) is 123 cm³/mol. The molecule has 1 heterocycles. The zero-order chi connectivity index (χ0) is 28.4. The van der Waals surface area contributed by atoms with Gasteiger partial charge in [0.1, 0.15) is 30.2 Å². The van der Waals surface area contributed by atoms with E-state index in [4.69, 9.17) is 10.8 Å². The van der Waals surface area contributed by atoms with Crippen molar-refractivity contribution in [3.05, 3.63) is 0 Å². The molecule has 9 N–H and O–H groups in total. The van der Waals surface area contributed by atoms with E-state index in [0.29, 0.717) is 6.42 Å². The van der Waals surface area contributed by atoms with Gasteiger partial charge in [-0.3, -0.25) is 28.8 Å². The Balaban J connectivity index is 3.11. The lowest BCUT2D eigenvalue weighted by Crippen LogP contribution is -2.60. The molecule has 1 rings (SSSR count). The highest BCUT2D eigenvalue weighted by Crippen LogP contribution is 2.19. The highest BCUT2D eigenvalue weighted by molar-refractivity contribution is 5.97. The maximum atomic E-state index is 12.9. The van der Waals surface area contributed by atoms with Crippen molar-refractivity contribution in [1.29, 1.82) is 0 Å². The fourth-order valence-corrected chi connectivity index (χ4v) is 3.66. The Labute approximate surface area is 211 Å². The van der Waals surface area contributed by atoms with Gasteiger partial charge in [0.15, 0.2) is 0 Å². The van der Waals surface area contributed by atoms with Crippen molar-refractivity contribution in [1.82, 2.24) is 20.9 Å². The van der Waals surface area contributed by atoms with Crippen molar-refractivity contribution in [2.75, 3.05) is 13.2 Å². The molecule has 1 saturated heterocycles. The number of amides is 4. The molecule has 1 aliphatic heterocycles. The number of rotatable bonds is 14. The quantitative estimate of drug-likeness (QED) is 0.108. The monoisotopic (exact) mass is 531 g/mol. The van der Waals surface area contributed by atoms with Crippen LogP contribution in [-0.4, -0.2) is 110 Å². The number of carboxylic acids is 3. The summed E-state index contributed by atoms with van der Waals surface area (Å²) in [4.78, 5) is 85.7. The van der Waals surface area contributed by atoms with Crippen molar-refractivity contribution in [3.8, 4) is 0 Å². The number of carbonyl (C=O) groups excluding carboxylic acids is 4. The fraction of sp³-hybridized carbons (Fsp3) is 0.667. The Bertz CT molecular complexity index is 909. The maximum Gasteiger partial charge on any atom is 0.326 e. The minimum atomic E-state index is -1.78. The highest BCUT2D eigenvalue weighted by atomic mass is 16.4. The van der Waals surface area contributed by atoms with Gasteiger partial charge in [0, 0.05) is 6.54 Å². The Morgan fingerprint density at radius 3 is 1.89 bits per heavy atom. The van der Waals surface area contributed by atoms with Crippen molar-refractivity contribution in [2.45, 2.75) is 69.7 Å². The number of nitrogens with two attached hydrogens (primary N) is 1. The molecule has 37 heavy (non-hydrogen) atoms. The number of carbonyl (C=O) groups is 7. The number of likely N-dealkylation sites (tertiary alicyclic amines) is 1. The molecular formula is C21H33N5O11. The Kier molecular flexibility index (Phi) is 11.9. The standard InChI is InChI=1S/C21H33N5O11/c1-9(2)16(25-17(32)10(22)8-27)19(34)23-11(6-14(28)29)18(33)24-12(7-15(30)31)20(35)26-5-3-4-13(26)21(36)37/h9-13,16,27H,3-8,22H2,1-2H3,(H,23,34)(H,24,33)(H,25,32)(H,28,29)(H,30,31)(H,36,37)/t10-,11-,12-,13-,16-/m0/s1. The maximum absolute atomic E-state index is 12.9. The number of nitrogens with zero attached hydrogens (tertiary/aromatic N) is 1. The van der Waals surface area contributed by atoms with Gasteiger partial charge in [-0.1, -0.05) is 13.8 Å². The molecule has 1 aliphatic rings. The number of aliphatic hydroxyl groups excluding tert-OH is 1. The summed E-state index contributed by atoms with van der Waals surface area (Å²) < 4.78 is 0. The van der Waals surface area contributed by atoms with Gasteiger partial charge in [-0.05, 0) is 18.8 Å². The van der Waals surface area contributed by atoms with Gasteiger partial charge in [0.25, 0.3) is 0 Å². The number of nitrogens with one attached hydrogen (secondary N) is 3. The van der Waals surface area contributed by atoms with Gasteiger partial charge < -0.3 is 47.0 Å². The van der Waals surface area contributed by atoms with E-state index >= 15 is 0 Å². The van der Waals surface area contributed by atoms with Crippen LogP contribution in [0.15, 0.2) is 0 Å². The zero-order valence-corrected chi connectivity index (χ0v) is 20.4. The molecule has 0 aromatic carbocycles. The molecule has 0 spiro atoms. The highest BCUT2D eigenvalue weighted by Gasteiger charge is 2.39. The summed E-state index contributed by atoms with van der Waals surface area (Å²) >= 11 is 0. The lowest BCUT2D eigenvalue weighted by atomic mass is 10.0. The van der Waals surface area contributed by atoms with E-state index in [1.54, 1.807) is 0 Å². The normalized spacial score (nSPS) is 18.3. The zero-order valence-electron chi connectivity index (χ0n) is 20.4. The SMILES string of the molecule is CC(C)[C@H](NC(=O)[C@@H](N)CO)C(=O)N[C@@H](CC(=O)O)C(=O)N[C@@H](CC(=O)O)C(=O)N1CCC[C@H]1C(=O)O. The van der Waals surface area contributed by atoms with Crippen molar-refractivity contribution < 1.29 is 54.0 Å². The molecule has 0 saturated carbocycles. The number of aliphatic carboxylic acids is 3. The number of carboxylic acid groups (broad SMARTS) is 3. The molecule has 0 bridgehead atoms. The van der Waals surface area contributed by atoms with Crippen LogP contribution < -0.4 is 21.7 Å². The van der Waals surface area contributed by atoms with Crippen molar-refractivity contribution >= 4 is 41.5 Å². The first-order valence-electron chi connectivity index (χ1n) is 11.4. The second-order valence-electron chi connectivity index (χ2n) is 8.87. The molecule has 16 heteroatoms. The third-order valence-corrected chi connectivity index (χ3v) is 5.61. The first-order valence-corrected chi connectivity index (χ1v) is 11.4. The van der Waals surface area contributed by atoms with E-state index in [1.807, 2.05) is 0 Å². The van der Waals surface area contributed by atoms with Crippen LogP contribution in [0.4, 0.5) is 0 Å². The lowest BCUT2D eigenvalue weighted by molar-refractivity contribution is -0.151. The summed E-state index contributed by atoms with van der Waals surface area (Å²) in [6.07, 6.45) is -1.40. The molecule has 4 amide bonds. The minimum Gasteiger partial charge on any atom is -0.481 e. The van der Waals surface area contributed by atoms with Crippen molar-refractivity contribution in [2.24, 2.45) is 11.7 Å². The smallest absolute Gasteiger partial charge is 0.326 e. The summed E-state index contributed by atoms with van der Waals surface area (Å²) in [6.45, 7) is 2.39. The number of hydrogen-bond donors (Lipinski definition) is 8. The number of aliphatic hydroxyl groups is 1. The van der Waals surface area contributed by atoms with E-state index in [1.165, 1.54) is 13.8 Å². The summed E-state index contributed by atoms with van der Waals surface area (Å²) in [6, 6.07) is -7.36. The van der Waals surface area contributed by atoms with Crippen LogP contribution in [0.25, 0.3) is 0 Å². The molecule has 0 aromatic heterocycles. The first-order chi connectivity index (χ1) is 17.2. The van der Waals surface area contributed by atoms with E-state index in [0.717, 1.165) is 4.90 Å². The van der Waals surface area contributed by atoms with Gasteiger partial charge in [-0.15, -0.1) is 0 Å². The predicted octanol–water partition coefficient (Wildman–Crippen LogP) is -3.56. The third kappa shape index (κ3) is 9.30. The van der Waals surface area contributed by atoms with Gasteiger partial charge in [-0.25, -0.2) is 4.79 Å². The molecule has 1 fully saturated rings. The minimum absolute atomic E-state index is 0.0167. The third-order valence-electron chi connectivity index (χ3n) is 5.61. The van der Waals surface area contributed by atoms with Crippen LogP contribution in [0, 0.1) is 5.92 Å². The van der Waals surface area contributed by atoms with E-state index < -0.39 is 97.1 Å². The van der Waals surface area contributed by atoms with Gasteiger partial charge in [0.2, 0.25) is 23.6 Å². The molecule has 208 valence electrons. The molecule has 5 atom stereocenters. The van der Waals surface area contributed by atoms with E-state index in [2.05, 4.69) is 16.0 Å². The van der Waals surface area contributed by atoms with E-state index in [-0.39, 0.29) is 13.0 Å². The fourth-order valence-electron chi connectivity index (χ4n) is 3.66. The molecule has 0 unspecified atom stereocenters. The Morgan fingerprint density at radius 1 is 0.865 bits per heavy atom. The van der Waals surface area contributed by atoms with Gasteiger partial charge >= 0.3 is 17.9 Å². The molecule has 0 aliphatic carbocycles. The largest absolute Gasteiger partial charge is 0.481 e. The topological polar surface area (TPSA) is 266 Å². The second kappa shape index (κ2) is 14.1. The molecular weight excluding hydrogens is 498 g/mol. The second-order valence-corrected chi connectivity index (χ2v) is 8.87. The first kappa shape index (κ1) is 31.2. The van der Waals surface area contributed by atoms with Gasteiger partial charge in [-0.2, -0.15) is 0 Å². The lowest BCUT2D eigenvalue weighted by Gasteiger charge is -2.29. The van der Waals surface area contributed by atoms with Crippen LogP contribution in [0.2, 0.25) is 0 Å². The Morgan fingerprint density at radius 2 is 1.41 bits per heavy atom. The number of hydrogen-bond acceptors (Lipinski definition) is 9. The van der Waals surface area contributed by atoms with Crippen molar-refractivity contribution in [3.63, 3.8) is 0 Å².